The molecule has 2 aromatic carbocycles. The van der Waals surface area contributed by atoms with Gasteiger partial charge in [-0.2, -0.15) is 0 Å². The van der Waals surface area contributed by atoms with Crippen molar-refractivity contribution in [3.8, 4) is 0 Å². The predicted molar refractivity (Wildman–Crippen MR) is 133 cm³/mol. The number of hydrogen-bond acceptors (Lipinski definition) is 2. The van der Waals surface area contributed by atoms with Crippen molar-refractivity contribution in [2.75, 3.05) is 19.6 Å². The smallest absolute Gasteiger partial charge is 0.145 e. The van der Waals surface area contributed by atoms with Crippen LogP contribution in [0.25, 0.3) is 0 Å². The fraction of sp³-hybridized carbons (Fsp3) is 0.536. The van der Waals surface area contributed by atoms with E-state index in [9.17, 15) is 4.79 Å². The molecule has 3 rings (SSSR count). The van der Waals surface area contributed by atoms with Gasteiger partial charge in [-0.3, -0.25) is 4.79 Å². The van der Waals surface area contributed by atoms with Crippen LogP contribution in [-0.2, 0) is 10.2 Å². The second kappa shape index (κ2) is 15.8. The Morgan fingerprint density at radius 2 is 1.30 bits per heavy atom. The average Bonchev–Trinajstić information content (AvgIpc) is 3.29. The summed E-state index contributed by atoms with van der Waals surface area (Å²) in [6, 6.07) is 20.7. The summed E-state index contributed by atoms with van der Waals surface area (Å²) in [4.78, 5) is 15.6. The first-order chi connectivity index (χ1) is 14.7. The Hall–Kier alpha value is -1.93. The zero-order chi connectivity index (χ0) is 23.0. The van der Waals surface area contributed by atoms with Crippen LogP contribution in [0, 0.1) is 5.92 Å². The number of rotatable bonds is 6. The zero-order valence-corrected chi connectivity index (χ0v) is 20.7. The Morgan fingerprint density at radius 3 is 1.67 bits per heavy atom. The maximum Gasteiger partial charge on any atom is 0.145 e. The van der Waals surface area contributed by atoms with Crippen molar-refractivity contribution in [2.45, 2.75) is 73.6 Å². The maximum atomic E-state index is 13.1. The molecule has 1 saturated heterocycles. The standard InChI is InChI=1S/C22H27NO.3C2H6/c1-3-15-23-16-14-21(17-23)22(18(2)24,19-10-6-4-7-11-19)20-12-8-5-9-13-20;3*1-2/h4-13,21H,3,14-17H2,1-2H3;3*1-2H3. The third kappa shape index (κ3) is 6.54. The van der Waals surface area contributed by atoms with Crippen LogP contribution in [-0.4, -0.2) is 30.3 Å². The molecule has 1 aliphatic rings. The molecule has 0 bridgehead atoms. The van der Waals surface area contributed by atoms with E-state index >= 15 is 0 Å². The highest BCUT2D eigenvalue weighted by atomic mass is 16.1. The number of ketones is 1. The first kappa shape index (κ1) is 28.1. The molecule has 1 unspecified atom stereocenters. The van der Waals surface area contributed by atoms with E-state index in [1.165, 1.54) is 0 Å². The van der Waals surface area contributed by atoms with Gasteiger partial charge in [-0.1, -0.05) is 109 Å². The SMILES string of the molecule is CC.CC.CC.CCCN1CCC(C(C(C)=O)(c2ccccc2)c2ccccc2)C1. The highest BCUT2D eigenvalue weighted by molar-refractivity contribution is 5.92. The molecule has 0 radical (unpaired) electrons. The highest BCUT2D eigenvalue weighted by Crippen LogP contribution is 2.44. The fourth-order valence-electron chi connectivity index (χ4n) is 4.44. The minimum atomic E-state index is -0.537. The minimum Gasteiger partial charge on any atom is -0.303 e. The molecule has 2 aromatic rings. The molecule has 1 heterocycles. The van der Waals surface area contributed by atoms with Crippen LogP contribution in [0.2, 0.25) is 0 Å². The second-order valence-electron chi connectivity index (χ2n) is 6.88. The maximum absolute atomic E-state index is 13.1. The van der Waals surface area contributed by atoms with Gasteiger partial charge < -0.3 is 4.90 Å². The number of carbonyl (C=O) groups excluding carboxylic acids is 1. The average molecular weight is 412 g/mol. The van der Waals surface area contributed by atoms with Gasteiger partial charge in [0.1, 0.15) is 5.78 Å². The van der Waals surface area contributed by atoms with Gasteiger partial charge >= 0.3 is 0 Å². The van der Waals surface area contributed by atoms with Crippen molar-refractivity contribution in [2.24, 2.45) is 5.92 Å². The second-order valence-corrected chi connectivity index (χ2v) is 6.88. The lowest BCUT2D eigenvalue weighted by molar-refractivity contribution is -0.122. The molecular formula is C28H45NO. The molecule has 168 valence electrons. The summed E-state index contributed by atoms with van der Waals surface area (Å²) in [5.74, 6) is 0.578. The molecule has 2 heteroatoms. The summed E-state index contributed by atoms with van der Waals surface area (Å²) in [5.41, 5.74) is 1.73. The summed E-state index contributed by atoms with van der Waals surface area (Å²) in [6.45, 7) is 19.2. The Labute approximate surface area is 186 Å². The number of hydrogen-bond donors (Lipinski definition) is 0. The van der Waals surface area contributed by atoms with E-state index in [0.717, 1.165) is 43.6 Å². The number of Topliss-reactive ketones (excluding diaryl/α,β-unsaturated/α-hetero) is 1. The number of nitrogens with zero attached hydrogens (tertiary/aromatic N) is 1. The first-order valence-electron chi connectivity index (χ1n) is 12.0. The van der Waals surface area contributed by atoms with Gasteiger partial charge in [0.05, 0.1) is 5.41 Å². The lowest BCUT2D eigenvalue weighted by Gasteiger charge is -2.38. The molecule has 0 aliphatic carbocycles. The summed E-state index contributed by atoms with van der Waals surface area (Å²) in [7, 11) is 0. The molecule has 0 aromatic heterocycles. The Morgan fingerprint density at radius 1 is 0.867 bits per heavy atom. The lowest BCUT2D eigenvalue weighted by Crippen LogP contribution is -2.44. The normalized spacial score (nSPS) is 15.5. The van der Waals surface area contributed by atoms with Gasteiger partial charge in [0, 0.05) is 6.54 Å². The molecule has 1 fully saturated rings. The van der Waals surface area contributed by atoms with Gasteiger partial charge in [0.25, 0.3) is 0 Å². The molecule has 30 heavy (non-hydrogen) atoms. The van der Waals surface area contributed by atoms with Crippen molar-refractivity contribution >= 4 is 5.78 Å². The third-order valence-corrected chi connectivity index (χ3v) is 5.44. The number of carbonyl (C=O) groups is 1. The topological polar surface area (TPSA) is 20.3 Å². The number of likely N-dealkylation sites (tertiary alicyclic amines) is 1. The molecule has 2 nitrogen and oxygen atoms in total. The van der Waals surface area contributed by atoms with Crippen LogP contribution in [0.3, 0.4) is 0 Å². The molecular weight excluding hydrogens is 366 g/mol. The molecule has 0 saturated carbocycles. The summed E-state index contributed by atoms with van der Waals surface area (Å²) < 4.78 is 0. The van der Waals surface area contributed by atoms with Gasteiger partial charge in [-0.25, -0.2) is 0 Å². The molecule has 1 atom stereocenters. The summed E-state index contributed by atoms with van der Waals surface area (Å²) in [6.07, 6.45) is 2.24. The van der Waals surface area contributed by atoms with Gasteiger partial charge in [-0.15, -0.1) is 0 Å². The zero-order valence-electron chi connectivity index (χ0n) is 20.7. The van der Waals surface area contributed by atoms with Crippen LogP contribution in [0.4, 0.5) is 0 Å². The van der Waals surface area contributed by atoms with E-state index < -0.39 is 5.41 Å². The lowest BCUT2D eigenvalue weighted by atomic mass is 9.63. The van der Waals surface area contributed by atoms with Crippen LogP contribution in [0.15, 0.2) is 60.7 Å². The van der Waals surface area contributed by atoms with E-state index in [1.807, 2.05) is 53.7 Å². The molecule has 0 spiro atoms. The van der Waals surface area contributed by atoms with Crippen molar-refractivity contribution < 1.29 is 4.79 Å². The predicted octanol–water partition coefficient (Wildman–Crippen LogP) is 7.37. The molecule has 0 N–H and O–H groups in total. The minimum absolute atomic E-state index is 0.253. The highest BCUT2D eigenvalue weighted by Gasteiger charge is 2.48. The van der Waals surface area contributed by atoms with Gasteiger partial charge in [0.2, 0.25) is 0 Å². The van der Waals surface area contributed by atoms with E-state index in [0.29, 0.717) is 5.92 Å². The number of benzene rings is 2. The van der Waals surface area contributed by atoms with Crippen LogP contribution in [0.5, 0.6) is 0 Å². The van der Waals surface area contributed by atoms with Crippen molar-refractivity contribution in [1.29, 1.82) is 0 Å². The van der Waals surface area contributed by atoms with Gasteiger partial charge in [-0.05, 0) is 49.9 Å². The van der Waals surface area contributed by atoms with E-state index in [1.54, 1.807) is 6.92 Å². The molecule has 0 amide bonds. The van der Waals surface area contributed by atoms with Crippen molar-refractivity contribution in [1.82, 2.24) is 4.90 Å². The van der Waals surface area contributed by atoms with Gasteiger partial charge in [0.15, 0.2) is 0 Å². The Kier molecular flexibility index (Phi) is 14.8. The van der Waals surface area contributed by atoms with E-state index in [-0.39, 0.29) is 5.78 Å². The van der Waals surface area contributed by atoms with Crippen LogP contribution < -0.4 is 0 Å². The van der Waals surface area contributed by atoms with Crippen molar-refractivity contribution in [3.63, 3.8) is 0 Å². The summed E-state index contributed by atoms with van der Waals surface area (Å²) >= 11 is 0. The monoisotopic (exact) mass is 411 g/mol. The first-order valence-corrected chi connectivity index (χ1v) is 12.0. The van der Waals surface area contributed by atoms with Crippen molar-refractivity contribution in [3.05, 3.63) is 71.8 Å². The third-order valence-electron chi connectivity index (χ3n) is 5.44. The van der Waals surface area contributed by atoms with Crippen LogP contribution in [0.1, 0.15) is 79.4 Å². The van der Waals surface area contributed by atoms with Crippen LogP contribution >= 0.6 is 0 Å². The van der Waals surface area contributed by atoms with E-state index in [4.69, 9.17) is 0 Å². The summed E-state index contributed by atoms with van der Waals surface area (Å²) in [5, 5.41) is 0. The Balaban J connectivity index is 0.00000129. The van der Waals surface area contributed by atoms with E-state index in [2.05, 4.69) is 60.4 Å². The largest absolute Gasteiger partial charge is 0.303 e. The quantitative estimate of drug-likeness (QED) is 0.494. The Bertz CT molecular complexity index is 626. The molecule has 1 aliphatic heterocycles. The fourth-order valence-corrected chi connectivity index (χ4v) is 4.44.